The van der Waals surface area contributed by atoms with E-state index in [4.69, 9.17) is 10.5 Å². The van der Waals surface area contributed by atoms with Crippen LogP contribution in [0.15, 0.2) is 0 Å². The van der Waals surface area contributed by atoms with Crippen LogP contribution in [-0.4, -0.2) is 34.7 Å². The van der Waals surface area contributed by atoms with E-state index in [2.05, 4.69) is 0 Å². The third-order valence-corrected chi connectivity index (χ3v) is 3.97. The van der Waals surface area contributed by atoms with Crippen LogP contribution in [0.25, 0.3) is 0 Å². The fourth-order valence-corrected chi connectivity index (χ4v) is 3.18. The number of rotatable bonds is 0. The third-order valence-electron chi connectivity index (χ3n) is 3.97. The molecule has 0 aromatic rings. The molecule has 1 aliphatic heterocycles. The lowest BCUT2D eigenvalue weighted by molar-refractivity contribution is 0.00702. The molecule has 4 nitrogen and oxygen atoms in total. The van der Waals surface area contributed by atoms with Crippen molar-refractivity contribution in [3.05, 3.63) is 0 Å². The second kappa shape index (κ2) is 4.16. The highest BCUT2D eigenvalue weighted by molar-refractivity contribution is 5.70. The van der Waals surface area contributed by atoms with Gasteiger partial charge >= 0.3 is 6.09 Å². The van der Waals surface area contributed by atoms with E-state index in [0.717, 1.165) is 25.8 Å². The summed E-state index contributed by atoms with van der Waals surface area (Å²) in [6, 6.07) is 0.123. The van der Waals surface area contributed by atoms with Gasteiger partial charge in [0.1, 0.15) is 5.60 Å². The summed E-state index contributed by atoms with van der Waals surface area (Å²) in [6.07, 6.45) is 5.13. The minimum atomic E-state index is -0.427. The number of nitrogens with two attached hydrogens (primary N) is 1. The summed E-state index contributed by atoms with van der Waals surface area (Å²) >= 11 is 0. The summed E-state index contributed by atoms with van der Waals surface area (Å²) in [6.45, 7) is 6.46. The van der Waals surface area contributed by atoms with Crippen LogP contribution in [0.1, 0.15) is 52.9 Å². The zero-order valence-corrected chi connectivity index (χ0v) is 11.2. The van der Waals surface area contributed by atoms with Gasteiger partial charge in [-0.1, -0.05) is 12.8 Å². The normalized spacial score (nSPS) is 27.8. The molecule has 1 saturated carbocycles. The first-order valence-corrected chi connectivity index (χ1v) is 6.61. The molecule has 0 bridgehead atoms. The standard InChI is InChI=1S/C13H24N2O2/c1-12(2,3)17-11(16)15-9-6-10(14)13(15)7-4-5-8-13/h10H,4-9,14H2,1-3H3. The van der Waals surface area contributed by atoms with Gasteiger partial charge in [0, 0.05) is 12.6 Å². The number of carbonyl (C=O) groups excluding carboxylic acids is 1. The monoisotopic (exact) mass is 240 g/mol. The van der Waals surface area contributed by atoms with Gasteiger partial charge < -0.3 is 15.4 Å². The van der Waals surface area contributed by atoms with Crippen molar-refractivity contribution < 1.29 is 9.53 Å². The lowest BCUT2D eigenvalue weighted by Crippen LogP contribution is -2.54. The predicted molar refractivity (Wildman–Crippen MR) is 66.7 cm³/mol. The largest absolute Gasteiger partial charge is 0.444 e. The average Bonchev–Trinajstić information content (AvgIpc) is 2.75. The molecule has 1 heterocycles. The molecule has 1 spiro atoms. The first kappa shape index (κ1) is 12.7. The van der Waals surface area contributed by atoms with Gasteiger partial charge in [-0.05, 0) is 40.0 Å². The minimum absolute atomic E-state index is 0.109. The Kier molecular flexibility index (Phi) is 3.10. The van der Waals surface area contributed by atoms with Crippen LogP contribution >= 0.6 is 0 Å². The minimum Gasteiger partial charge on any atom is -0.444 e. The van der Waals surface area contributed by atoms with Gasteiger partial charge in [-0.25, -0.2) is 4.79 Å². The zero-order valence-electron chi connectivity index (χ0n) is 11.2. The molecule has 98 valence electrons. The highest BCUT2D eigenvalue weighted by Crippen LogP contribution is 2.42. The van der Waals surface area contributed by atoms with E-state index in [-0.39, 0.29) is 17.7 Å². The molecule has 17 heavy (non-hydrogen) atoms. The fraction of sp³-hybridized carbons (Fsp3) is 0.923. The van der Waals surface area contributed by atoms with Gasteiger partial charge in [-0.15, -0.1) is 0 Å². The van der Waals surface area contributed by atoms with Crippen molar-refractivity contribution in [1.29, 1.82) is 0 Å². The number of hydrogen-bond donors (Lipinski definition) is 1. The summed E-state index contributed by atoms with van der Waals surface area (Å²) < 4.78 is 5.49. The van der Waals surface area contributed by atoms with Crippen molar-refractivity contribution in [3.63, 3.8) is 0 Å². The third kappa shape index (κ3) is 2.28. The number of nitrogens with zero attached hydrogens (tertiary/aromatic N) is 1. The molecule has 1 amide bonds. The summed E-state index contributed by atoms with van der Waals surface area (Å²) in [5.41, 5.74) is 5.68. The smallest absolute Gasteiger partial charge is 0.410 e. The Bertz CT molecular complexity index is 303. The first-order chi connectivity index (χ1) is 7.85. The average molecular weight is 240 g/mol. The maximum absolute atomic E-state index is 12.2. The van der Waals surface area contributed by atoms with Crippen LogP contribution in [0.5, 0.6) is 0 Å². The van der Waals surface area contributed by atoms with E-state index in [1.807, 2.05) is 25.7 Å². The van der Waals surface area contributed by atoms with Crippen LogP contribution in [0.3, 0.4) is 0 Å². The van der Waals surface area contributed by atoms with Crippen LogP contribution in [0, 0.1) is 0 Å². The molecule has 1 unspecified atom stereocenters. The Hall–Kier alpha value is -0.770. The molecular formula is C13H24N2O2. The lowest BCUT2D eigenvalue weighted by Gasteiger charge is -2.38. The van der Waals surface area contributed by atoms with E-state index < -0.39 is 5.60 Å². The molecule has 1 saturated heterocycles. The van der Waals surface area contributed by atoms with Crippen molar-refractivity contribution in [2.24, 2.45) is 5.73 Å². The van der Waals surface area contributed by atoms with Crippen molar-refractivity contribution >= 4 is 6.09 Å². The molecule has 1 atom stereocenters. The Morgan fingerprint density at radius 3 is 2.47 bits per heavy atom. The Labute approximate surface area is 103 Å². The van der Waals surface area contributed by atoms with Gasteiger partial charge in [0.15, 0.2) is 0 Å². The summed E-state index contributed by atoms with van der Waals surface area (Å²) in [5.74, 6) is 0. The highest BCUT2D eigenvalue weighted by Gasteiger charge is 2.51. The molecule has 2 aliphatic rings. The Morgan fingerprint density at radius 2 is 1.94 bits per heavy atom. The van der Waals surface area contributed by atoms with Gasteiger partial charge in [0.05, 0.1) is 5.54 Å². The molecule has 0 radical (unpaired) electrons. The first-order valence-electron chi connectivity index (χ1n) is 6.61. The molecule has 1 aliphatic carbocycles. The molecule has 2 fully saturated rings. The van der Waals surface area contributed by atoms with Gasteiger partial charge in [0.25, 0.3) is 0 Å². The summed E-state index contributed by atoms with van der Waals surface area (Å²) in [5, 5.41) is 0. The van der Waals surface area contributed by atoms with Crippen molar-refractivity contribution in [2.45, 2.75) is 70.1 Å². The van der Waals surface area contributed by atoms with Crippen LogP contribution in [-0.2, 0) is 4.74 Å². The van der Waals surface area contributed by atoms with Crippen LogP contribution < -0.4 is 5.73 Å². The number of carbonyl (C=O) groups is 1. The van der Waals surface area contributed by atoms with Crippen molar-refractivity contribution in [1.82, 2.24) is 4.90 Å². The van der Waals surface area contributed by atoms with Gasteiger partial charge in [-0.3, -0.25) is 0 Å². The maximum atomic E-state index is 12.2. The molecule has 0 aromatic heterocycles. The van der Waals surface area contributed by atoms with Crippen molar-refractivity contribution in [3.8, 4) is 0 Å². The maximum Gasteiger partial charge on any atom is 0.410 e. The van der Waals surface area contributed by atoms with Crippen molar-refractivity contribution in [2.75, 3.05) is 6.54 Å². The second-order valence-electron chi connectivity index (χ2n) is 6.34. The number of hydrogen-bond acceptors (Lipinski definition) is 3. The molecule has 2 N–H and O–H groups in total. The topological polar surface area (TPSA) is 55.6 Å². The lowest BCUT2D eigenvalue weighted by atomic mass is 9.90. The number of ether oxygens (including phenoxy) is 1. The summed E-state index contributed by atoms with van der Waals surface area (Å²) in [4.78, 5) is 14.1. The van der Waals surface area contributed by atoms with E-state index in [1.165, 1.54) is 12.8 Å². The zero-order chi connectivity index (χ0) is 12.7. The Balaban J connectivity index is 2.12. The van der Waals surface area contributed by atoms with E-state index in [9.17, 15) is 4.79 Å². The highest BCUT2D eigenvalue weighted by atomic mass is 16.6. The summed E-state index contributed by atoms with van der Waals surface area (Å²) in [7, 11) is 0. The van der Waals surface area contributed by atoms with E-state index in [1.54, 1.807) is 0 Å². The van der Waals surface area contributed by atoms with E-state index in [0.29, 0.717) is 0 Å². The fourth-order valence-electron chi connectivity index (χ4n) is 3.18. The molecule has 4 heteroatoms. The number of likely N-dealkylation sites (tertiary alicyclic amines) is 1. The van der Waals surface area contributed by atoms with Gasteiger partial charge in [-0.2, -0.15) is 0 Å². The molecule has 0 aromatic carbocycles. The Morgan fingerprint density at radius 1 is 1.35 bits per heavy atom. The molecule has 2 rings (SSSR count). The predicted octanol–water partition coefficient (Wildman–Crippen LogP) is 2.27. The van der Waals surface area contributed by atoms with E-state index >= 15 is 0 Å². The SMILES string of the molecule is CC(C)(C)OC(=O)N1CCC(N)C12CCCC2. The second-order valence-corrected chi connectivity index (χ2v) is 6.34. The quantitative estimate of drug-likeness (QED) is 0.706. The van der Waals surface area contributed by atoms with Gasteiger partial charge in [0.2, 0.25) is 0 Å². The number of amides is 1. The molecular weight excluding hydrogens is 216 g/mol. The van der Waals surface area contributed by atoms with Crippen LogP contribution in [0.4, 0.5) is 4.79 Å². The van der Waals surface area contributed by atoms with Crippen LogP contribution in [0.2, 0.25) is 0 Å².